The lowest BCUT2D eigenvalue weighted by molar-refractivity contribution is 1.13. The number of hydrogen-bond donors (Lipinski definition) is 0. The van der Waals surface area contributed by atoms with Crippen LogP contribution in [0.5, 0.6) is 0 Å². The molecule has 0 atom stereocenters. The SMILES string of the molecule is c1ccc(-n2c3ccccc3c3c4c(ccc32)ccn4-c2ccc(-c3ccccn3)cc2)cc1. The van der Waals surface area contributed by atoms with Crippen molar-refractivity contribution in [1.29, 1.82) is 0 Å². The number of pyridine rings is 1. The largest absolute Gasteiger partial charge is 0.316 e. The molecule has 0 fully saturated rings. The number of rotatable bonds is 3. The summed E-state index contributed by atoms with van der Waals surface area (Å²) in [5, 5.41) is 3.77. The second-order valence-corrected chi connectivity index (χ2v) is 8.53. The monoisotopic (exact) mass is 435 g/mol. The van der Waals surface area contributed by atoms with Crippen LogP contribution in [0.1, 0.15) is 0 Å². The Morgan fingerprint density at radius 2 is 1.35 bits per heavy atom. The van der Waals surface area contributed by atoms with Gasteiger partial charge in [-0.3, -0.25) is 4.98 Å². The van der Waals surface area contributed by atoms with Crippen molar-refractivity contribution < 1.29 is 0 Å². The third-order valence-corrected chi connectivity index (χ3v) is 6.61. The topological polar surface area (TPSA) is 22.8 Å². The van der Waals surface area contributed by atoms with Gasteiger partial charge in [0.15, 0.2) is 0 Å². The molecule has 0 aliphatic rings. The van der Waals surface area contributed by atoms with Crippen molar-refractivity contribution in [3.05, 3.63) is 128 Å². The number of nitrogens with zero attached hydrogens (tertiary/aromatic N) is 3. The predicted molar refractivity (Wildman–Crippen MR) is 141 cm³/mol. The summed E-state index contributed by atoms with van der Waals surface area (Å²) in [5.41, 5.74) is 8.07. The molecule has 0 saturated carbocycles. The first-order chi connectivity index (χ1) is 16.9. The molecule has 160 valence electrons. The number of hydrogen-bond acceptors (Lipinski definition) is 1. The average molecular weight is 436 g/mol. The Hall–Kier alpha value is -4.63. The normalized spacial score (nSPS) is 11.5. The van der Waals surface area contributed by atoms with Gasteiger partial charge in [-0.2, -0.15) is 0 Å². The zero-order valence-corrected chi connectivity index (χ0v) is 18.5. The Morgan fingerprint density at radius 3 is 2.18 bits per heavy atom. The number of aromatic nitrogens is 3. The van der Waals surface area contributed by atoms with E-state index >= 15 is 0 Å². The van der Waals surface area contributed by atoms with E-state index in [1.165, 1.54) is 38.4 Å². The van der Waals surface area contributed by atoms with E-state index in [1.807, 2.05) is 24.4 Å². The quantitative estimate of drug-likeness (QED) is 0.278. The summed E-state index contributed by atoms with van der Waals surface area (Å²) in [7, 11) is 0. The molecule has 0 bridgehead atoms. The average Bonchev–Trinajstić information content (AvgIpc) is 3.49. The molecule has 0 radical (unpaired) electrons. The predicted octanol–water partition coefficient (Wildman–Crippen LogP) is 7.79. The number of benzene rings is 4. The molecule has 7 rings (SSSR count). The van der Waals surface area contributed by atoms with E-state index in [9.17, 15) is 0 Å². The first kappa shape index (κ1) is 18.9. The van der Waals surface area contributed by atoms with Gasteiger partial charge in [0.05, 0.1) is 22.2 Å². The third-order valence-electron chi connectivity index (χ3n) is 6.61. The van der Waals surface area contributed by atoms with Gasteiger partial charge < -0.3 is 9.13 Å². The highest BCUT2D eigenvalue weighted by molar-refractivity contribution is 6.20. The van der Waals surface area contributed by atoms with Gasteiger partial charge in [0, 0.05) is 45.5 Å². The molecule has 0 aliphatic carbocycles. The maximum Gasteiger partial charge on any atom is 0.0701 e. The molecule has 0 saturated heterocycles. The maximum atomic E-state index is 4.49. The first-order valence-corrected chi connectivity index (χ1v) is 11.5. The molecule has 7 aromatic rings. The highest BCUT2D eigenvalue weighted by Gasteiger charge is 2.17. The van der Waals surface area contributed by atoms with Crippen molar-refractivity contribution >= 4 is 32.7 Å². The van der Waals surface area contributed by atoms with Crippen LogP contribution in [0.15, 0.2) is 128 Å². The molecule has 3 heteroatoms. The fourth-order valence-electron chi connectivity index (χ4n) is 5.08. The van der Waals surface area contributed by atoms with Gasteiger partial charge in [0.2, 0.25) is 0 Å². The molecule has 34 heavy (non-hydrogen) atoms. The van der Waals surface area contributed by atoms with Crippen LogP contribution in [-0.2, 0) is 0 Å². The highest BCUT2D eigenvalue weighted by Crippen LogP contribution is 2.38. The lowest BCUT2D eigenvalue weighted by atomic mass is 10.1. The van der Waals surface area contributed by atoms with Crippen molar-refractivity contribution in [2.24, 2.45) is 0 Å². The summed E-state index contributed by atoms with van der Waals surface area (Å²) in [4.78, 5) is 4.49. The Morgan fingerprint density at radius 1 is 0.559 bits per heavy atom. The van der Waals surface area contributed by atoms with Gasteiger partial charge >= 0.3 is 0 Å². The summed E-state index contributed by atoms with van der Waals surface area (Å²) >= 11 is 0. The van der Waals surface area contributed by atoms with Crippen LogP contribution in [0.2, 0.25) is 0 Å². The van der Waals surface area contributed by atoms with E-state index in [4.69, 9.17) is 0 Å². The molecule has 3 heterocycles. The second kappa shape index (κ2) is 7.46. The van der Waals surface area contributed by atoms with E-state index in [0.717, 1.165) is 16.9 Å². The molecule has 4 aromatic carbocycles. The van der Waals surface area contributed by atoms with Crippen LogP contribution in [0, 0.1) is 0 Å². The zero-order chi connectivity index (χ0) is 22.5. The summed E-state index contributed by atoms with van der Waals surface area (Å²) in [6.45, 7) is 0. The minimum absolute atomic E-state index is 0.986. The summed E-state index contributed by atoms with van der Waals surface area (Å²) in [5.74, 6) is 0. The molecular weight excluding hydrogens is 414 g/mol. The molecule has 0 amide bonds. The van der Waals surface area contributed by atoms with Crippen molar-refractivity contribution in [2.75, 3.05) is 0 Å². The fourth-order valence-corrected chi connectivity index (χ4v) is 5.08. The number of fused-ring (bicyclic) bond motifs is 5. The van der Waals surface area contributed by atoms with Crippen LogP contribution in [0.25, 0.3) is 55.3 Å². The smallest absolute Gasteiger partial charge is 0.0701 e. The second-order valence-electron chi connectivity index (χ2n) is 8.53. The van der Waals surface area contributed by atoms with E-state index in [1.54, 1.807) is 0 Å². The first-order valence-electron chi connectivity index (χ1n) is 11.5. The van der Waals surface area contributed by atoms with Gasteiger partial charge in [-0.25, -0.2) is 0 Å². The lowest BCUT2D eigenvalue weighted by Gasteiger charge is -2.10. The highest BCUT2D eigenvalue weighted by atomic mass is 15.0. The van der Waals surface area contributed by atoms with E-state index in [-0.39, 0.29) is 0 Å². The Kier molecular flexibility index (Phi) is 4.15. The van der Waals surface area contributed by atoms with Crippen molar-refractivity contribution in [3.8, 4) is 22.6 Å². The molecule has 0 N–H and O–H groups in total. The molecule has 3 nitrogen and oxygen atoms in total. The van der Waals surface area contributed by atoms with Crippen molar-refractivity contribution in [1.82, 2.24) is 14.1 Å². The molecule has 0 aliphatic heterocycles. The van der Waals surface area contributed by atoms with Gasteiger partial charge in [-0.05, 0) is 54.6 Å². The Labute approximate surface area is 197 Å². The Balaban J connectivity index is 1.50. The van der Waals surface area contributed by atoms with E-state index < -0.39 is 0 Å². The number of para-hydroxylation sites is 2. The summed E-state index contributed by atoms with van der Waals surface area (Å²) in [6.07, 6.45) is 4.01. The zero-order valence-electron chi connectivity index (χ0n) is 18.5. The van der Waals surface area contributed by atoms with Gasteiger partial charge in [0.25, 0.3) is 0 Å². The van der Waals surface area contributed by atoms with Crippen LogP contribution in [0.4, 0.5) is 0 Å². The van der Waals surface area contributed by atoms with Crippen LogP contribution < -0.4 is 0 Å². The van der Waals surface area contributed by atoms with Gasteiger partial charge in [-0.1, -0.05) is 60.7 Å². The molecule has 0 spiro atoms. The summed E-state index contributed by atoms with van der Waals surface area (Å²) < 4.78 is 4.67. The maximum absolute atomic E-state index is 4.49. The van der Waals surface area contributed by atoms with Crippen LogP contribution in [-0.4, -0.2) is 14.1 Å². The van der Waals surface area contributed by atoms with Crippen molar-refractivity contribution in [2.45, 2.75) is 0 Å². The van der Waals surface area contributed by atoms with Crippen LogP contribution in [0.3, 0.4) is 0 Å². The van der Waals surface area contributed by atoms with Gasteiger partial charge in [0.1, 0.15) is 0 Å². The molecular formula is C31H21N3. The van der Waals surface area contributed by atoms with Crippen molar-refractivity contribution in [3.63, 3.8) is 0 Å². The lowest BCUT2D eigenvalue weighted by Crippen LogP contribution is -1.94. The fraction of sp³-hybridized carbons (Fsp3) is 0. The summed E-state index contributed by atoms with van der Waals surface area (Å²) in [6, 6.07) is 40.7. The third kappa shape index (κ3) is 2.81. The molecule has 0 unspecified atom stereocenters. The minimum atomic E-state index is 0.986. The molecule has 3 aromatic heterocycles. The van der Waals surface area contributed by atoms with Crippen LogP contribution >= 0.6 is 0 Å². The standard InChI is InChI=1S/C31H21N3/c1-2-8-25(9-3-1)34-28-12-5-4-10-26(28)30-29(34)18-15-23-19-21-33(31(23)30)24-16-13-22(14-17-24)27-11-6-7-20-32-27/h1-21H. The van der Waals surface area contributed by atoms with E-state index in [2.05, 4.69) is 117 Å². The van der Waals surface area contributed by atoms with E-state index in [0.29, 0.717) is 0 Å². The van der Waals surface area contributed by atoms with Gasteiger partial charge in [-0.15, -0.1) is 0 Å². The Bertz CT molecular complexity index is 1770. The minimum Gasteiger partial charge on any atom is -0.316 e.